The lowest BCUT2D eigenvalue weighted by Crippen LogP contribution is -2.30. The molecule has 71 heavy (non-hydrogen) atoms. The van der Waals surface area contributed by atoms with Gasteiger partial charge in [-0.3, -0.25) is 14.4 Å². The summed E-state index contributed by atoms with van der Waals surface area (Å²) in [5.41, 5.74) is 0. The van der Waals surface area contributed by atoms with Crippen LogP contribution in [0.1, 0.15) is 252 Å². The molecule has 6 nitrogen and oxygen atoms in total. The first-order valence-electron chi connectivity index (χ1n) is 29.1. The van der Waals surface area contributed by atoms with Gasteiger partial charge in [0, 0.05) is 19.3 Å². The minimum Gasteiger partial charge on any atom is -0.462 e. The highest BCUT2D eigenvalue weighted by Gasteiger charge is 2.19. The third-order valence-electron chi connectivity index (χ3n) is 12.1. The summed E-state index contributed by atoms with van der Waals surface area (Å²) in [5, 5.41) is 0. The van der Waals surface area contributed by atoms with Crippen molar-refractivity contribution >= 4 is 17.9 Å². The zero-order chi connectivity index (χ0) is 51.4. The van der Waals surface area contributed by atoms with Gasteiger partial charge < -0.3 is 14.2 Å². The van der Waals surface area contributed by atoms with Crippen molar-refractivity contribution in [1.82, 2.24) is 0 Å². The lowest BCUT2D eigenvalue weighted by Gasteiger charge is -2.18. The van der Waals surface area contributed by atoms with E-state index in [0.717, 1.165) is 103 Å². The maximum Gasteiger partial charge on any atom is 0.306 e. The molecule has 0 aliphatic rings. The topological polar surface area (TPSA) is 78.9 Å². The largest absolute Gasteiger partial charge is 0.462 e. The van der Waals surface area contributed by atoms with Gasteiger partial charge in [0.15, 0.2) is 6.10 Å². The Labute approximate surface area is 437 Å². The summed E-state index contributed by atoms with van der Waals surface area (Å²) in [6.45, 7) is 6.41. The van der Waals surface area contributed by atoms with E-state index in [4.69, 9.17) is 14.2 Å². The van der Waals surface area contributed by atoms with E-state index in [9.17, 15) is 14.4 Å². The average Bonchev–Trinajstić information content (AvgIpc) is 3.37. The predicted molar refractivity (Wildman–Crippen MR) is 306 cm³/mol. The van der Waals surface area contributed by atoms with Gasteiger partial charge in [-0.2, -0.15) is 0 Å². The summed E-state index contributed by atoms with van der Waals surface area (Å²) in [6, 6.07) is 0. The van der Waals surface area contributed by atoms with Crippen molar-refractivity contribution in [3.05, 3.63) is 122 Å². The van der Waals surface area contributed by atoms with Crippen LogP contribution in [0.5, 0.6) is 0 Å². The van der Waals surface area contributed by atoms with Crippen LogP contribution in [0.2, 0.25) is 0 Å². The molecule has 0 spiro atoms. The van der Waals surface area contributed by atoms with E-state index < -0.39 is 6.10 Å². The molecule has 0 aliphatic carbocycles. The van der Waals surface area contributed by atoms with Crippen LogP contribution in [0.3, 0.4) is 0 Å². The second-order valence-electron chi connectivity index (χ2n) is 18.9. The fourth-order valence-corrected chi connectivity index (χ4v) is 7.72. The minimum absolute atomic E-state index is 0.112. The van der Waals surface area contributed by atoms with E-state index in [1.54, 1.807) is 0 Å². The summed E-state index contributed by atoms with van der Waals surface area (Å²) in [6.07, 6.45) is 80.5. The van der Waals surface area contributed by atoms with Crippen LogP contribution < -0.4 is 0 Å². The Morgan fingerprint density at radius 3 is 1.07 bits per heavy atom. The Hall–Kier alpha value is -4.19. The minimum atomic E-state index is -0.824. The predicted octanol–water partition coefficient (Wildman–Crippen LogP) is 19.6. The molecule has 0 saturated carbocycles. The van der Waals surface area contributed by atoms with Crippen molar-refractivity contribution < 1.29 is 28.6 Å². The normalized spacial score (nSPS) is 13.0. The van der Waals surface area contributed by atoms with E-state index in [1.807, 2.05) is 6.08 Å². The standard InChI is InChI=1S/C65H106O6/c1-4-7-10-13-16-19-22-25-28-31-33-35-37-40-43-46-49-52-55-58-64(67)70-61-62(60-69-63(66)57-54-51-48-45-42-39-36-30-27-24-21-18-15-12-9-6-3)71-65(68)59-56-53-50-47-44-41-38-34-32-29-26-23-20-17-14-11-8-5-2/h7,10,16-17,19-20,23,25-26,28-29,32-35,38,40,43,49,52,62H,4-6,8-9,11-15,18,21-22,24,27,30-31,36-37,39,41-42,44-48,50-51,53-61H2,1-3H3/b10-7-,19-16-,20-17-,26-23-,28-25-,32-29-,35-33-,38-34-,43-40-,52-49-. The van der Waals surface area contributed by atoms with E-state index in [1.165, 1.54) is 103 Å². The van der Waals surface area contributed by atoms with Crippen LogP contribution in [0.15, 0.2) is 122 Å². The molecule has 0 heterocycles. The van der Waals surface area contributed by atoms with Gasteiger partial charge in [0.2, 0.25) is 0 Å². The van der Waals surface area contributed by atoms with Gasteiger partial charge in [-0.05, 0) is 83.5 Å². The van der Waals surface area contributed by atoms with Crippen molar-refractivity contribution in [3.8, 4) is 0 Å². The van der Waals surface area contributed by atoms with Crippen molar-refractivity contribution in [1.29, 1.82) is 0 Å². The van der Waals surface area contributed by atoms with E-state index in [0.29, 0.717) is 12.8 Å². The van der Waals surface area contributed by atoms with Crippen molar-refractivity contribution in [2.24, 2.45) is 0 Å². The van der Waals surface area contributed by atoms with Crippen molar-refractivity contribution in [3.63, 3.8) is 0 Å². The molecule has 0 aromatic heterocycles. The molecule has 0 fully saturated rings. The number of carbonyl (C=O) groups excluding carboxylic acids is 3. The van der Waals surface area contributed by atoms with Crippen LogP contribution in [-0.4, -0.2) is 37.2 Å². The molecule has 0 aromatic carbocycles. The fourth-order valence-electron chi connectivity index (χ4n) is 7.72. The summed E-state index contributed by atoms with van der Waals surface area (Å²) in [4.78, 5) is 38.2. The molecule has 0 aromatic rings. The summed E-state index contributed by atoms with van der Waals surface area (Å²) >= 11 is 0. The number of rotatable bonds is 51. The number of hydrogen-bond acceptors (Lipinski definition) is 6. The van der Waals surface area contributed by atoms with Gasteiger partial charge >= 0.3 is 17.9 Å². The Balaban J connectivity index is 4.56. The van der Waals surface area contributed by atoms with Crippen molar-refractivity contribution in [2.45, 2.75) is 258 Å². The first kappa shape index (κ1) is 66.8. The number of allylic oxidation sites excluding steroid dienone is 20. The van der Waals surface area contributed by atoms with Gasteiger partial charge in [-0.15, -0.1) is 0 Å². The number of hydrogen-bond donors (Lipinski definition) is 0. The number of carbonyl (C=O) groups is 3. The van der Waals surface area contributed by atoms with Crippen molar-refractivity contribution in [2.75, 3.05) is 13.2 Å². The van der Waals surface area contributed by atoms with E-state index in [-0.39, 0.29) is 44.0 Å². The van der Waals surface area contributed by atoms with Crippen LogP contribution >= 0.6 is 0 Å². The van der Waals surface area contributed by atoms with Gasteiger partial charge in [0.25, 0.3) is 0 Å². The second kappa shape index (κ2) is 58.4. The molecule has 0 radical (unpaired) electrons. The van der Waals surface area contributed by atoms with Crippen LogP contribution in [0, 0.1) is 0 Å². The molecular formula is C65H106O6. The highest BCUT2D eigenvalue weighted by atomic mass is 16.6. The molecule has 0 amide bonds. The molecule has 0 saturated heterocycles. The lowest BCUT2D eigenvalue weighted by molar-refractivity contribution is -0.166. The second-order valence-corrected chi connectivity index (χ2v) is 18.9. The molecule has 0 rings (SSSR count). The first-order valence-corrected chi connectivity index (χ1v) is 29.1. The van der Waals surface area contributed by atoms with E-state index >= 15 is 0 Å². The zero-order valence-corrected chi connectivity index (χ0v) is 45.9. The van der Waals surface area contributed by atoms with Gasteiger partial charge in [0.1, 0.15) is 13.2 Å². The van der Waals surface area contributed by atoms with Gasteiger partial charge in [-0.1, -0.05) is 271 Å². The molecule has 0 N–H and O–H groups in total. The summed E-state index contributed by atoms with van der Waals surface area (Å²) in [5.74, 6) is -1.02. The van der Waals surface area contributed by atoms with Crippen LogP contribution in [0.25, 0.3) is 0 Å². The average molecular weight is 984 g/mol. The number of esters is 3. The maximum atomic E-state index is 12.9. The Bertz CT molecular complexity index is 1500. The summed E-state index contributed by atoms with van der Waals surface area (Å²) in [7, 11) is 0. The highest BCUT2D eigenvalue weighted by molar-refractivity contribution is 5.71. The fraction of sp³-hybridized carbons (Fsp3) is 0.646. The first-order chi connectivity index (χ1) is 35.0. The highest BCUT2D eigenvalue weighted by Crippen LogP contribution is 2.15. The molecule has 1 unspecified atom stereocenters. The third-order valence-corrected chi connectivity index (χ3v) is 12.1. The quantitative estimate of drug-likeness (QED) is 0.0199. The van der Waals surface area contributed by atoms with Gasteiger partial charge in [0.05, 0.1) is 0 Å². The Morgan fingerprint density at radius 1 is 0.310 bits per heavy atom. The summed E-state index contributed by atoms with van der Waals surface area (Å²) < 4.78 is 16.8. The molecule has 0 aliphatic heterocycles. The van der Waals surface area contributed by atoms with E-state index in [2.05, 4.69) is 136 Å². The lowest BCUT2D eigenvalue weighted by atomic mass is 10.0. The number of ether oxygens (including phenoxy) is 3. The van der Waals surface area contributed by atoms with Gasteiger partial charge in [-0.25, -0.2) is 0 Å². The maximum absolute atomic E-state index is 12.9. The molecule has 402 valence electrons. The smallest absolute Gasteiger partial charge is 0.306 e. The van der Waals surface area contributed by atoms with Crippen LogP contribution in [-0.2, 0) is 28.6 Å². The Morgan fingerprint density at radius 2 is 0.634 bits per heavy atom. The van der Waals surface area contributed by atoms with Crippen LogP contribution in [0.4, 0.5) is 0 Å². The molecular weight excluding hydrogens is 877 g/mol. The SMILES string of the molecule is CC/C=C\C/C=C\C/C=C\C/C=C\C/C=C\C/C=C\CCC(=O)OCC(COC(=O)CCCCCCCCCCCCCCCCCC)OC(=O)CCCCCCC\C=C/C=C\C=C/C=C\CCCCC. The third kappa shape index (κ3) is 56.6. The molecule has 1 atom stereocenters. The Kier molecular flexibility index (Phi) is 54.9. The zero-order valence-electron chi connectivity index (χ0n) is 45.9. The monoisotopic (exact) mass is 983 g/mol. The number of unbranched alkanes of at least 4 members (excludes halogenated alkanes) is 23. The molecule has 6 heteroatoms. The molecule has 0 bridgehead atoms.